The number of nitrogens with zero attached hydrogens (tertiary/aromatic N) is 1. The zero-order valence-electron chi connectivity index (χ0n) is 12.3. The molecular formula is C15H24N2O2S. The van der Waals surface area contributed by atoms with E-state index >= 15 is 0 Å². The Balaban J connectivity index is 1.96. The molecule has 1 saturated carbocycles. The Labute approximate surface area is 122 Å². The van der Waals surface area contributed by atoms with Crippen LogP contribution in [0.1, 0.15) is 31.7 Å². The summed E-state index contributed by atoms with van der Waals surface area (Å²) in [6, 6.07) is 7.49. The normalized spacial score (nSPS) is 15.8. The van der Waals surface area contributed by atoms with Crippen LogP contribution in [0.3, 0.4) is 0 Å². The molecule has 4 nitrogen and oxygen atoms in total. The molecule has 0 aliphatic heterocycles. The van der Waals surface area contributed by atoms with E-state index in [1.807, 2.05) is 12.1 Å². The molecule has 1 fully saturated rings. The summed E-state index contributed by atoms with van der Waals surface area (Å²) in [7, 11) is -1.63. The van der Waals surface area contributed by atoms with Crippen molar-refractivity contribution < 1.29 is 8.42 Å². The van der Waals surface area contributed by atoms with Crippen molar-refractivity contribution in [1.29, 1.82) is 0 Å². The van der Waals surface area contributed by atoms with E-state index in [4.69, 9.17) is 0 Å². The Morgan fingerprint density at radius 1 is 1.20 bits per heavy atom. The zero-order chi connectivity index (χ0) is 14.6. The SMILES string of the molecule is CCCNCCc1ccc(S(=O)(=O)N(C)C2CC2)cc1. The molecule has 0 heterocycles. The number of hydrogen-bond acceptors (Lipinski definition) is 3. The van der Waals surface area contributed by atoms with Gasteiger partial charge in [-0.3, -0.25) is 0 Å². The smallest absolute Gasteiger partial charge is 0.243 e. The first-order chi connectivity index (χ1) is 9.55. The van der Waals surface area contributed by atoms with E-state index < -0.39 is 10.0 Å². The minimum absolute atomic E-state index is 0.206. The zero-order valence-corrected chi connectivity index (χ0v) is 13.1. The summed E-state index contributed by atoms with van der Waals surface area (Å²) in [5.74, 6) is 0. The van der Waals surface area contributed by atoms with Crippen molar-refractivity contribution in [2.24, 2.45) is 0 Å². The van der Waals surface area contributed by atoms with E-state index in [1.165, 1.54) is 9.87 Å². The van der Waals surface area contributed by atoms with Crippen LogP contribution >= 0.6 is 0 Å². The maximum Gasteiger partial charge on any atom is 0.243 e. The first-order valence-electron chi connectivity index (χ1n) is 7.33. The lowest BCUT2D eigenvalue weighted by Crippen LogP contribution is -2.28. The summed E-state index contributed by atoms with van der Waals surface area (Å²) in [5.41, 5.74) is 1.17. The Kier molecular flexibility index (Phi) is 5.18. The van der Waals surface area contributed by atoms with Crippen LogP contribution in [0.15, 0.2) is 29.2 Å². The van der Waals surface area contributed by atoms with Crippen LogP contribution in [0.2, 0.25) is 0 Å². The van der Waals surface area contributed by atoms with Crippen molar-refractivity contribution in [2.75, 3.05) is 20.1 Å². The molecule has 0 atom stereocenters. The van der Waals surface area contributed by atoms with Crippen LogP contribution in [-0.2, 0) is 16.4 Å². The molecule has 0 amide bonds. The minimum atomic E-state index is -3.30. The molecule has 1 aromatic carbocycles. The second-order valence-corrected chi connectivity index (χ2v) is 7.39. The second kappa shape index (κ2) is 6.70. The molecule has 5 heteroatoms. The van der Waals surface area contributed by atoms with Crippen molar-refractivity contribution in [1.82, 2.24) is 9.62 Å². The molecule has 2 rings (SSSR count). The quantitative estimate of drug-likeness (QED) is 0.747. The lowest BCUT2D eigenvalue weighted by atomic mass is 10.1. The Hall–Kier alpha value is -0.910. The topological polar surface area (TPSA) is 49.4 Å². The Bertz CT molecular complexity index is 521. The van der Waals surface area contributed by atoms with Gasteiger partial charge in [0.2, 0.25) is 10.0 Å². The summed E-state index contributed by atoms with van der Waals surface area (Å²) >= 11 is 0. The lowest BCUT2D eigenvalue weighted by molar-refractivity contribution is 0.464. The third-order valence-corrected chi connectivity index (χ3v) is 5.60. The first kappa shape index (κ1) is 15.5. The van der Waals surface area contributed by atoms with E-state index in [0.717, 1.165) is 38.8 Å². The molecule has 0 spiro atoms. The highest BCUT2D eigenvalue weighted by molar-refractivity contribution is 7.89. The molecule has 1 aliphatic rings. The molecule has 0 aromatic heterocycles. The molecule has 1 aliphatic carbocycles. The van der Waals surface area contributed by atoms with Crippen molar-refractivity contribution in [2.45, 2.75) is 43.5 Å². The monoisotopic (exact) mass is 296 g/mol. The summed E-state index contributed by atoms with van der Waals surface area (Å²) in [6.07, 6.45) is 4.03. The van der Waals surface area contributed by atoms with Crippen molar-refractivity contribution >= 4 is 10.0 Å². The van der Waals surface area contributed by atoms with Crippen molar-refractivity contribution in [3.8, 4) is 0 Å². The predicted octanol–water partition coefficient (Wildman–Crippen LogP) is 2.01. The maximum atomic E-state index is 12.3. The largest absolute Gasteiger partial charge is 0.316 e. The number of hydrogen-bond donors (Lipinski definition) is 1. The molecule has 20 heavy (non-hydrogen) atoms. The summed E-state index contributed by atoms with van der Waals surface area (Å²) < 4.78 is 26.2. The van der Waals surface area contributed by atoms with Crippen molar-refractivity contribution in [3.05, 3.63) is 29.8 Å². The van der Waals surface area contributed by atoms with Gasteiger partial charge < -0.3 is 5.32 Å². The van der Waals surface area contributed by atoms with Crippen molar-refractivity contribution in [3.63, 3.8) is 0 Å². The number of sulfonamides is 1. The van der Waals surface area contributed by atoms with Gasteiger partial charge in [-0.15, -0.1) is 0 Å². The molecule has 0 unspecified atom stereocenters. The summed E-state index contributed by atoms with van der Waals surface area (Å²) in [5, 5.41) is 3.34. The molecule has 0 radical (unpaired) electrons. The predicted molar refractivity (Wildman–Crippen MR) is 81.3 cm³/mol. The van der Waals surface area contributed by atoms with Gasteiger partial charge in [0, 0.05) is 13.1 Å². The van der Waals surface area contributed by atoms with Gasteiger partial charge >= 0.3 is 0 Å². The second-order valence-electron chi connectivity index (χ2n) is 5.40. The van der Waals surface area contributed by atoms with E-state index in [9.17, 15) is 8.42 Å². The van der Waals surface area contributed by atoms with E-state index in [1.54, 1.807) is 19.2 Å². The van der Waals surface area contributed by atoms with Crippen LogP contribution in [-0.4, -0.2) is 38.9 Å². The van der Waals surface area contributed by atoms with Crippen LogP contribution in [0.4, 0.5) is 0 Å². The van der Waals surface area contributed by atoms with Gasteiger partial charge in [0.1, 0.15) is 0 Å². The molecule has 1 aromatic rings. The molecule has 0 bridgehead atoms. The minimum Gasteiger partial charge on any atom is -0.316 e. The van der Waals surface area contributed by atoms with Gasteiger partial charge in [-0.25, -0.2) is 8.42 Å². The van der Waals surface area contributed by atoms with E-state index in [-0.39, 0.29) is 6.04 Å². The molecule has 112 valence electrons. The molecular weight excluding hydrogens is 272 g/mol. The van der Waals surface area contributed by atoms with Crippen LogP contribution in [0.25, 0.3) is 0 Å². The van der Waals surface area contributed by atoms with Gasteiger partial charge in [0.15, 0.2) is 0 Å². The van der Waals surface area contributed by atoms with E-state index in [2.05, 4.69) is 12.2 Å². The van der Waals surface area contributed by atoms with Crippen LogP contribution < -0.4 is 5.32 Å². The third-order valence-electron chi connectivity index (χ3n) is 3.68. The van der Waals surface area contributed by atoms with Gasteiger partial charge in [0.25, 0.3) is 0 Å². The Morgan fingerprint density at radius 2 is 1.85 bits per heavy atom. The fourth-order valence-corrected chi connectivity index (χ4v) is 3.58. The van der Waals surface area contributed by atoms with Crippen LogP contribution in [0, 0.1) is 0 Å². The molecule has 1 N–H and O–H groups in total. The maximum absolute atomic E-state index is 12.3. The van der Waals surface area contributed by atoms with Crippen LogP contribution in [0.5, 0.6) is 0 Å². The summed E-state index contributed by atoms with van der Waals surface area (Å²) in [6.45, 7) is 4.10. The average molecular weight is 296 g/mol. The number of rotatable bonds is 8. The fraction of sp³-hybridized carbons (Fsp3) is 0.600. The highest BCUT2D eigenvalue weighted by Gasteiger charge is 2.34. The highest BCUT2D eigenvalue weighted by Crippen LogP contribution is 2.30. The fourth-order valence-electron chi connectivity index (χ4n) is 2.16. The first-order valence-corrected chi connectivity index (χ1v) is 8.77. The Morgan fingerprint density at radius 3 is 2.40 bits per heavy atom. The van der Waals surface area contributed by atoms with Gasteiger partial charge in [0.05, 0.1) is 4.90 Å². The van der Waals surface area contributed by atoms with Gasteiger partial charge in [-0.05, 0) is 56.5 Å². The number of benzene rings is 1. The van der Waals surface area contributed by atoms with E-state index in [0.29, 0.717) is 4.90 Å². The van der Waals surface area contributed by atoms with Gasteiger partial charge in [-0.1, -0.05) is 19.1 Å². The average Bonchev–Trinajstić information content (AvgIpc) is 3.28. The summed E-state index contributed by atoms with van der Waals surface area (Å²) in [4.78, 5) is 0.400. The van der Waals surface area contributed by atoms with Gasteiger partial charge in [-0.2, -0.15) is 4.31 Å². The third kappa shape index (κ3) is 3.81. The number of nitrogens with one attached hydrogen (secondary N) is 1. The lowest BCUT2D eigenvalue weighted by Gasteiger charge is -2.16. The highest BCUT2D eigenvalue weighted by atomic mass is 32.2. The molecule has 0 saturated heterocycles. The standard InChI is InChI=1S/C15H24N2O2S/c1-3-11-16-12-10-13-4-8-15(9-5-13)20(18,19)17(2)14-6-7-14/h4-5,8-9,14,16H,3,6-7,10-12H2,1-2H3.